The van der Waals surface area contributed by atoms with Crippen LogP contribution in [0.15, 0.2) is 0 Å². The summed E-state index contributed by atoms with van der Waals surface area (Å²) in [6, 6.07) is 0. The van der Waals surface area contributed by atoms with Gasteiger partial charge in [0.1, 0.15) is 0 Å². The van der Waals surface area contributed by atoms with Crippen molar-refractivity contribution >= 4 is 0 Å². The van der Waals surface area contributed by atoms with Crippen molar-refractivity contribution in [3.05, 3.63) is 0 Å². The Kier molecular flexibility index (Phi) is 122. The minimum atomic E-state index is 0. The van der Waals surface area contributed by atoms with Crippen LogP contribution in [-0.2, 0) is 50.3 Å². The van der Waals surface area contributed by atoms with Crippen molar-refractivity contribution in [2.75, 3.05) is 0 Å². The molecule has 0 aromatic heterocycles. The van der Waals surface area contributed by atoms with E-state index in [1.54, 1.807) is 0 Å². The molecule has 0 nitrogen and oxygen atoms in total. The van der Waals surface area contributed by atoms with Gasteiger partial charge in [-0.1, -0.05) is 0 Å². The van der Waals surface area contributed by atoms with E-state index in [1.807, 2.05) is 0 Å². The Labute approximate surface area is 88.5 Å². The third kappa shape index (κ3) is 8.85. The van der Waals surface area contributed by atoms with Crippen molar-refractivity contribution in [3.63, 3.8) is 0 Å². The van der Waals surface area contributed by atoms with Crippen molar-refractivity contribution in [1.29, 1.82) is 0 Å². The van der Waals surface area contributed by atoms with E-state index in [9.17, 15) is 0 Å². The van der Waals surface area contributed by atoms with E-state index in [1.165, 1.54) is 0 Å². The van der Waals surface area contributed by atoms with E-state index in [2.05, 4.69) is 0 Å². The third-order valence-corrected chi connectivity index (χ3v) is 0. The van der Waals surface area contributed by atoms with Crippen LogP contribution in [0.5, 0.6) is 0 Å². The zero-order valence-corrected chi connectivity index (χ0v) is 6.75. The van der Waals surface area contributed by atoms with Gasteiger partial charge >= 0.3 is 0 Å². The topological polar surface area (TPSA) is 0 Å². The SMILES string of the molecule is [Co].[Co].[Co].[Gd]. The molecular weight excluding hydrogens is 334 g/mol. The Bertz CT molecular complexity index is 3.25. The summed E-state index contributed by atoms with van der Waals surface area (Å²) in [5.74, 6) is 0. The molecule has 0 aliphatic rings. The summed E-state index contributed by atoms with van der Waals surface area (Å²) < 4.78 is 0. The standard InChI is InChI=1S/3Co.Gd. The molecule has 0 unspecified atom stereocenters. The van der Waals surface area contributed by atoms with Crippen LogP contribution in [0.2, 0.25) is 0 Å². The average Bonchev–Trinajstić information content (AvgIpc) is 0. The van der Waals surface area contributed by atoms with Crippen LogP contribution in [0.1, 0.15) is 0 Å². The summed E-state index contributed by atoms with van der Waals surface area (Å²) in [6.07, 6.45) is 0. The minimum absolute atomic E-state index is 0. The monoisotopic (exact) mass is 335 g/mol. The molecule has 0 amide bonds. The summed E-state index contributed by atoms with van der Waals surface area (Å²) in [6.45, 7) is 0. The Balaban J connectivity index is 0. The van der Waals surface area contributed by atoms with E-state index in [-0.39, 0.29) is 90.3 Å². The molecule has 0 heterocycles. The van der Waals surface area contributed by atoms with Crippen LogP contribution in [0.4, 0.5) is 0 Å². The van der Waals surface area contributed by atoms with Crippen molar-refractivity contribution in [3.8, 4) is 0 Å². The maximum Gasteiger partial charge on any atom is 0 e. The van der Waals surface area contributed by atoms with E-state index < -0.39 is 0 Å². The van der Waals surface area contributed by atoms with E-state index >= 15 is 0 Å². The van der Waals surface area contributed by atoms with Crippen molar-refractivity contribution in [2.24, 2.45) is 0 Å². The molecule has 0 aromatic carbocycles. The molecule has 0 atom stereocenters. The minimum Gasteiger partial charge on any atom is 0 e. The number of rotatable bonds is 0. The summed E-state index contributed by atoms with van der Waals surface area (Å²) in [4.78, 5) is 0. The molecule has 0 aliphatic heterocycles. The predicted octanol–water partition coefficient (Wildman–Crippen LogP) is -0.00750. The van der Waals surface area contributed by atoms with Gasteiger partial charge in [-0.2, -0.15) is 0 Å². The zero-order valence-electron chi connectivity index (χ0n) is 1.35. The van der Waals surface area contributed by atoms with Crippen molar-refractivity contribution in [2.45, 2.75) is 0 Å². The molecule has 0 aromatic rings. The fraction of sp³-hybridized carbons (Fsp3) is 0. The Morgan fingerprint density at radius 2 is 0.500 bits per heavy atom. The fourth-order valence-electron chi connectivity index (χ4n) is 0. The maximum atomic E-state index is 0. The molecule has 0 spiro atoms. The number of hydrogen-bond donors (Lipinski definition) is 0. The van der Waals surface area contributed by atoms with Gasteiger partial charge < -0.3 is 0 Å². The number of hydrogen-bond acceptors (Lipinski definition) is 0. The van der Waals surface area contributed by atoms with Gasteiger partial charge in [0.2, 0.25) is 0 Å². The molecule has 3 radical (unpaired) electrons. The molecule has 0 N–H and O–H groups in total. The summed E-state index contributed by atoms with van der Waals surface area (Å²) in [5.41, 5.74) is 0. The normalized spacial score (nSPS) is 0. The molecule has 0 bridgehead atoms. The fourth-order valence-corrected chi connectivity index (χ4v) is 0. The largest absolute Gasteiger partial charge is 0 e. The second-order valence-corrected chi connectivity index (χ2v) is 0. The van der Waals surface area contributed by atoms with E-state index in [4.69, 9.17) is 0 Å². The van der Waals surface area contributed by atoms with Crippen LogP contribution in [0.25, 0.3) is 0 Å². The average molecular weight is 334 g/mol. The van der Waals surface area contributed by atoms with Gasteiger partial charge in [0.05, 0.1) is 0 Å². The van der Waals surface area contributed by atoms with Gasteiger partial charge in [-0.3, -0.25) is 0 Å². The van der Waals surface area contributed by atoms with Gasteiger partial charge in [0.25, 0.3) is 0 Å². The van der Waals surface area contributed by atoms with Gasteiger partial charge in [0.15, 0.2) is 0 Å². The first-order valence-corrected chi connectivity index (χ1v) is 0. The second kappa shape index (κ2) is 17.0. The molecule has 4 heteroatoms. The smallest absolute Gasteiger partial charge is 0 e. The van der Waals surface area contributed by atoms with E-state index in [0.29, 0.717) is 0 Å². The summed E-state index contributed by atoms with van der Waals surface area (Å²) in [5, 5.41) is 0. The van der Waals surface area contributed by atoms with Gasteiger partial charge in [-0.25, -0.2) is 0 Å². The Morgan fingerprint density at radius 3 is 0.500 bits per heavy atom. The third-order valence-electron chi connectivity index (χ3n) is 0. The first kappa shape index (κ1) is 28.9. The molecule has 0 rings (SSSR count). The zero-order chi connectivity index (χ0) is 0. The van der Waals surface area contributed by atoms with Crippen LogP contribution < -0.4 is 0 Å². The Hall–Kier alpha value is 2.84. The first-order chi connectivity index (χ1) is 0. The molecular formula is Co3Gd. The van der Waals surface area contributed by atoms with Crippen LogP contribution in [-0.4, -0.2) is 0 Å². The van der Waals surface area contributed by atoms with Crippen LogP contribution in [0, 0.1) is 39.9 Å². The van der Waals surface area contributed by atoms with Crippen LogP contribution in [0.3, 0.4) is 0 Å². The predicted molar refractivity (Wildman–Crippen MR) is 0 cm³/mol. The van der Waals surface area contributed by atoms with Crippen molar-refractivity contribution in [1.82, 2.24) is 0 Å². The maximum absolute atomic E-state index is 0. The summed E-state index contributed by atoms with van der Waals surface area (Å²) in [7, 11) is 0. The second-order valence-electron chi connectivity index (χ2n) is 0. The van der Waals surface area contributed by atoms with Gasteiger partial charge in [-0.15, -0.1) is 0 Å². The van der Waals surface area contributed by atoms with Gasteiger partial charge in [-0.05, 0) is 0 Å². The Morgan fingerprint density at radius 1 is 0.500 bits per heavy atom. The molecule has 0 fully saturated rings. The van der Waals surface area contributed by atoms with Gasteiger partial charge in [0, 0.05) is 90.3 Å². The quantitative estimate of drug-likeness (QED) is 0.585. The van der Waals surface area contributed by atoms with Crippen LogP contribution >= 0.6 is 0 Å². The summed E-state index contributed by atoms with van der Waals surface area (Å²) >= 11 is 0. The molecule has 35 valence electrons. The molecule has 0 aliphatic carbocycles. The molecule has 0 saturated heterocycles. The molecule has 0 saturated carbocycles. The first-order valence-electron chi connectivity index (χ1n) is 0. The van der Waals surface area contributed by atoms with Crippen molar-refractivity contribution < 1.29 is 90.3 Å². The molecule has 4 heavy (non-hydrogen) atoms. The van der Waals surface area contributed by atoms with E-state index in [0.717, 1.165) is 0 Å².